The molecule has 0 saturated heterocycles. The van der Waals surface area contributed by atoms with E-state index in [1.165, 1.54) is 0 Å². The van der Waals surface area contributed by atoms with Gasteiger partial charge in [-0.15, -0.1) is 5.92 Å². The molecule has 4 nitrogen and oxygen atoms in total. The van der Waals surface area contributed by atoms with E-state index in [2.05, 4.69) is 11.8 Å². The van der Waals surface area contributed by atoms with Crippen LogP contribution in [0.25, 0.3) is 0 Å². The van der Waals surface area contributed by atoms with Crippen molar-refractivity contribution < 1.29 is 9.90 Å². The molecule has 0 aliphatic rings. The third kappa shape index (κ3) is 4.85. The lowest BCUT2D eigenvalue weighted by Gasteiger charge is -2.14. The van der Waals surface area contributed by atoms with E-state index in [1.54, 1.807) is 0 Å². The second kappa shape index (κ2) is 7.36. The molecule has 0 spiro atoms. The van der Waals surface area contributed by atoms with E-state index in [9.17, 15) is 4.79 Å². The second-order valence-electron chi connectivity index (χ2n) is 3.08. The molecule has 0 aliphatic carbocycles. The Balaban J connectivity index is 4.30. The molecular weight excluding hydrogens is 180 g/mol. The van der Waals surface area contributed by atoms with Crippen molar-refractivity contribution >= 4 is 5.97 Å². The zero-order valence-electron chi connectivity index (χ0n) is 8.49. The van der Waals surface area contributed by atoms with Gasteiger partial charge in [-0.05, 0) is 19.4 Å². The molecule has 0 aromatic heterocycles. The van der Waals surface area contributed by atoms with Crippen molar-refractivity contribution in [1.82, 2.24) is 0 Å². The van der Waals surface area contributed by atoms with Crippen molar-refractivity contribution in [3.8, 4) is 11.8 Å². The van der Waals surface area contributed by atoms with Crippen molar-refractivity contribution in [2.75, 3.05) is 6.54 Å². The van der Waals surface area contributed by atoms with E-state index >= 15 is 0 Å². The highest BCUT2D eigenvalue weighted by Crippen LogP contribution is 2.09. The molecule has 0 radical (unpaired) electrons. The van der Waals surface area contributed by atoms with Crippen LogP contribution in [-0.2, 0) is 4.79 Å². The van der Waals surface area contributed by atoms with Crippen molar-refractivity contribution in [2.24, 2.45) is 17.4 Å². The molecule has 1 unspecified atom stereocenters. The number of carboxylic acid groups (broad SMARTS) is 1. The van der Waals surface area contributed by atoms with Crippen LogP contribution in [0.2, 0.25) is 0 Å². The zero-order valence-corrected chi connectivity index (χ0v) is 8.49. The summed E-state index contributed by atoms with van der Waals surface area (Å²) in [5, 5.41) is 8.73. The highest BCUT2D eigenvalue weighted by atomic mass is 16.4. The van der Waals surface area contributed by atoms with Gasteiger partial charge in [0.2, 0.25) is 0 Å². The Hall–Kier alpha value is -1.05. The number of carbonyl (C=O) groups is 1. The summed E-state index contributed by atoms with van der Waals surface area (Å²) in [6.07, 6.45) is 2.12. The summed E-state index contributed by atoms with van der Waals surface area (Å²) in [7, 11) is 0. The van der Waals surface area contributed by atoms with E-state index in [-0.39, 0.29) is 5.92 Å². The Labute approximate surface area is 84.7 Å². The first-order valence-electron chi connectivity index (χ1n) is 4.80. The van der Waals surface area contributed by atoms with Crippen LogP contribution in [0.5, 0.6) is 0 Å². The van der Waals surface area contributed by atoms with Gasteiger partial charge in [0, 0.05) is 12.3 Å². The van der Waals surface area contributed by atoms with Crippen LogP contribution in [0.3, 0.4) is 0 Å². The molecule has 0 amide bonds. The van der Waals surface area contributed by atoms with Crippen LogP contribution in [0.15, 0.2) is 0 Å². The maximum atomic E-state index is 10.6. The molecule has 4 heteroatoms. The van der Waals surface area contributed by atoms with Gasteiger partial charge in [-0.25, -0.2) is 0 Å². The largest absolute Gasteiger partial charge is 0.480 e. The molecule has 2 atom stereocenters. The maximum Gasteiger partial charge on any atom is 0.321 e. The number of hydrogen-bond acceptors (Lipinski definition) is 3. The first-order valence-corrected chi connectivity index (χ1v) is 4.80. The molecule has 0 aromatic rings. The van der Waals surface area contributed by atoms with Crippen LogP contribution in [0.1, 0.15) is 26.2 Å². The first-order chi connectivity index (χ1) is 6.63. The van der Waals surface area contributed by atoms with Gasteiger partial charge in [-0.3, -0.25) is 4.79 Å². The average Bonchev–Trinajstić information content (AvgIpc) is 2.17. The Morgan fingerprint density at radius 2 is 2.21 bits per heavy atom. The van der Waals surface area contributed by atoms with Gasteiger partial charge in [0.15, 0.2) is 0 Å². The minimum Gasteiger partial charge on any atom is -0.480 e. The molecule has 0 fully saturated rings. The van der Waals surface area contributed by atoms with Crippen LogP contribution < -0.4 is 11.5 Å². The van der Waals surface area contributed by atoms with Crippen LogP contribution in [0.4, 0.5) is 0 Å². The maximum absolute atomic E-state index is 10.6. The van der Waals surface area contributed by atoms with Gasteiger partial charge in [-0.2, -0.15) is 0 Å². The lowest BCUT2D eigenvalue weighted by atomic mass is 9.95. The van der Waals surface area contributed by atoms with Crippen LogP contribution in [-0.4, -0.2) is 23.7 Å². The molecule has 0 bridgehead atoms. The minimum absolute atomic E-state index is 0.281. The Morgan fingerprint density at radius 3 is 2.64 bits per heavy atom. The van der Waals surface area contributed by atoms with E-state index in [0.717, 1.165) is 6.42 Å². The van der Waals surface area contributed by atoms with E-state index in [1.807, 2.05) is 6.92 Å². The molecule has 5 N–H and O–H groups in total. The summed E-state index contributed by atoms with van der Waals surface area (Å²) in [5.41, 5.74) is 10.8. The lowest BCUT2D eigenvalue weighted by Crippen LogP contribution is -2.37. The molecule has 0 heterocycles. The van der Waals surface area contributed by atoms with E-state index in [4.69, 9.17) is 16.6 Å². The SMILES string of the molecule is CCC#CC(CCCN)[C@H](N)C(=O)O. The van der Waals surface area contributed by atoms with Gasteiger partial charge >= 0.3 is 5.97 Å². The topological polar surface area (TPSA) is 89.3 Å². The van der Waals surface area contributed by atoms with Gasteiger partial charge in [0.1, 0.15) is 6.04 Å². The number of aliphatic carboxylic acids is 1. The van der Waals surface area contributed by atoms with Gasteiger partial charge < -0.3 is 16.6 Å². The minimum atomic E-state index is -1.00. The third-order valence-electron chi connectivity index (χ3n) is 1.90. The summed E-state index contributed by atoms with van der Waals surface area (Å²) >= 11 is 0. The fraction of sp³-hybridized carbons (Fsp3) is 0.700. The molecule has 80 valence electrons. The monoisotopic (exact) mass is 198 g/mol. The quantitative estimate of drug-likeness (QED) is 0.549. The normalized spacial score (nSPS) is 13.9. The standard InChI is InChI=1S/C10H18N2O2/c1-2-3-5-8(6-4-7-11)9(12)10(13)14/h8-9H,2,4,6-7,11-12H2,1H3,(H,13,14)/t8?,9-/m0/s1. The Kier molecular flexibility index (Phi) is 6.81. The van der Waals surface area contributed by atoms with Gasteiger partial charge in [0.25, 0.3) is 0 Å². The lowest BCUT2D eigenvalue weighted by molar-refractivity contribution is -0.139. The van der Waals surface area contributed by atoms with Crippen molar-refractivity contribution in [3.05, 3.63) is 0 Å². The molecule has 14 heavy (non-hydrogen) atoms. The first kappa shape index (κ1) is 12.9. The second-order valence-corrected chi connectivity index (χ2v) is 3.08. The highest BCUT2D eigenvalue weighted by molar-refractivity contribution is 5.74. The predicted octanol–water partition coefficient (Wildman–Crippen LogP) is 0.167. The Bertz CT molecular complexity index is 230. The zero-order chi connectivity index (χ0) is 11.0. The Morgan fingerprint density at radius 1 is 1.57 bits per heavy atom. The molecule has 0 rings (SSSR count). The summed E-state index contributed by atoms with van der Waals surface area (Å²) in [5.74, 6) is 4.45. The summed E-state index contributed by atoms with van der Waals surface area (Å²) < 4.78 is 0. The van der Waals surface area contributed by atoms with Gasteiger partial charge in [0.05, 0.1) is 0 Å². The summed E-state index contributed by atoms with van der Waals surface area (Å²) in [6.45, 7) is 2.45. The van der Waals surface area contributed by atoms with Crippen LogP contribution in [0, 0.1) is 17.8 Å². The molecule has 0 aliphatic heterocycles. The number of nitrogens with two attached hydrogens (primary N) is 2. The molecular formula is C10H18N2O2. The smallest absolute Gasteiger partial charge is 0.321 e. The highest BCUT2D eigenvalue weighted by Gasteiger charge is 2.21. The third-order valence-corrected chi connectivity index (χ3v) is 1.90. The average molecular weight is 198 g/mol. The van der Waals surface area contributed by atoms with Crippen molar-refractivity contribution in [2.45, 2.75) is 32.2 Å². The van der Waals surface area contributed by atoms with Crippen molar-refractivity contribution in [3.63, 3.8) is 0 Å². The molecule has 0 aromatic carbocycles. The van der Waals surface area contributed by atoms with E-state index in [0.29, 0.717) is 19.4 Å². The number of rotatable bonds is 5. The van der Waals surface area contributed by atoms with Crippen LogP contribution >= 0.6 is 0 Å². The van der Waals surface area contributed by atoms with E-state index < -0.39 is 12.0 Å². The number of carboxylic acids is 1. The summed E-state index contributed by atoms with van der Waals surface area (Å²) in [6, 6.07) is -0.902. The van der Waals surface area contributed by atoms with Gasteiger partial charge in [-0.1, -0.05) is 12.8 Å². The molecule has 0 saturated carbocycles. The fourth-order valence-corrected chi connectivity index (χ4v) is 1.08. The summed E-state index contributed by atoms with van der Waals surface area (Å²) in [4.78, 5) is 10.6. The number of hydrogen-bond donors (Lipinski definition) is 3. The van der Waals surface area contributed by atoms with Crippen molar-refractivity contribution in [1.29, 1.82) is 0 Å². The predicted molar refractivity (Wildman–Crippen MR) is 55.5 cm³/mol. The fourth-order valence-electron chi connectivity index (χ4n) is 1.08.